The Hall–Kier alpha value is -0.450. The fourth-order valence-corrected chi connectivity index (χ4v) is 7.38. The van der Waals surface area contributed by atoms with E-state index in [1.807, 2.05) is 12.3 Å². The molecule has 4 heteroatoms. The lowest BCUT2D eigenvalue weighted by Gasteiger charge is -2.41. The fraction of sp³-hybridized carbons (Fsp3) is 0.632. The highest BCUT2D eigenvalue weighted by atomic mass is 32.2. The predicted octanol–water partition coefficient (Wildman–Crippen LogP) is 4.97. The van der Waals surface area contributed by atoms with Crippen molar-refractivity contribution in [1.82, 2.24) is 4.98 Å². The van der Waals surface area contributed by atoms with E-state index >= 15 is 0 Å². The van der Waals surface area contributed by atoms with E-state index in [4.69, 9.17) is 4.74 Å². The maximum atomic E-state index is 6.38. The maximum Gasteiger partial charge on any atom is 0.0894 e. The van der Waals surface area contributed by atoms with Crippen LogP contribution in [0.4, 0.5) is 0 Å². The number of aryl methyl sites for hydroxylation is 1. The Labute approximate surface area is 147 Å². The van der Waals surface area contributed by atoms with Gasteiger partial charge in [-0.3, -0.25) is 4.98 Å². The van der Waals surface area contributed by atoms with Crippen LogP contribution in [0, 0.1) is 12.3 Å². The van der Waals surface area contributed by atoms with Crippen LogP contribution in [0.5, 0.6) is 0 Å². The topological polar surface area (TPSA) is 22.1 Å². The van der Waals surface area contributed by atoms with E-state index in [0.29, 0.717) is 16.8 Å². The van der Waals surface area contributed by atoms with E-state index in [0.717, 1.165) is 5.69 Å². The largest absolute Gasteiger partial charge is 0.371 e. The Morgan fingerprint density at radius 3 is 2.91 bits per heavy atom. The SMILES string of the molecule is Cc1cccnc1COC1CCC2=CC3(CCC21C)SCCS3. The number of fused-ring (bicyclic) bond motifs is 1. The Morgan fingerprint density at radius 1 is 1.30 bits per heavy atom. The first-order chi connectivity index (χ1) is 11.1. The lowest BCUT2D eigenvalue weighted by molar-refractivity contribution is -0.0204. The molecule has 2 atom stereocenters. The average molecular weight is 348 g/mol. The minimum Gasteiger partial charge on any atom is -0.371 e. The zero-order valence-corrected chi connectivity index (χ0v) is 15.6. The summed E-state index contributed by atoms with van der Waals surface area (Å²) in [4.78, 5) is 4.48. The second kappa shape index (κ2) is 6.12. The van der Waals surface area contributed by atoms with Crippen LogP contribution < -0.4 is 0 Å². The molecule has 2 unspecified atom stereocenters. The van der Waals surface area contributed by atoms with Crippen molar-refractivity contribution in [1.29, 1.82) is 0 Å². The summed E-state index contributed by atoms with van der Waals surface area (Å²) in [5.41, 5.74) is 4.22. The molecule has 2 heterocycles. The molecule has 3 aliphatic rings. The Balaban J connectivity index is 1.49. The normalized spacial score (nSPS) is 32.1. The molecule has 1 aromatic rings. The third-order valence-corrected chi connectivity index (χ3v) is 9.23. The third-order valence-electron chi connectivity index (χ3n) is 5.82. The monoisotopic (exact) mass is 347 g/mol. The molecule has 1 saturated heterocycles. The minimum absolute atomic E-state index is 0.248. The molecule has 1 aromatic heterocycles. The number of aromatic nitrogens is 1. The molecule has 4 rings (SSSR count). The van der Waals surface area contributed by atoms with Gasteiger partial charge < -0.3 is 4.74 Å². The molecule has 0 radical (unpaired) electrons. The number of ether oxygens (including phenoxy) is 1. The van der Waals surface area contributed by atoms with Crippen LogP contribution >= 0.6 is 23.5 Å². The molecule has 0 amide bonds. The van der Waals surface area contributed by atoms with Gasteiger partial charge in [-0.1, -0.05) is 24.6 Å². The van der Waals surface area contributed by atoms with Crippen LogP contribution in [-0.4, -0.2) is 26.7 Å². The van der Waals surface area contributed by atoms with Crippen molar-refractivity contribution >= 4 is 23.5 Å². The summed E-state index contributed by atoms with van der Waals surface area (Å²) in [5, 5.41) is 0. The van der Waals surface area contributed by atoms with Crippen molar-refractivity contribution in [3.63, 3.8) is 0 Å². The van der Waals surface area contributed by atoms with E-state index in [9.17, 15) is 0 Å². The Bertz CT molecular complexity index is 624. The van der Waals surface area contributed by atoms with Crippen molar-refractivity contribution in [3.8, 4) is 0 Å². The maximum absolute atomic E-state index is 6.38. The highest BCUT2D eigenvalue weighted by Gasteiger charge is 2.50. The first kappa shape index (κ1) is 16.0. The summed E-state index contributed by atoms with van der Waals surface area (Å²) in [6, 6.07) is 4.11. The number of hydrogen-bond acceptors (Lipinski definition) is 4. The average Bonchev–Trinajstić information content (AvgIpc) is 3.13. The highest BCUT2D eigenvalue weighted by Crippen LogP contribution is 2.59. The van der Waals surface area contributed by atoms with E-state index in [1.165, 1.54) is 42.8 Å². The van der Waals surface area contributed by atoms with Crippen LogP contribution in [-0.2, 0) is 11.3 Å². The molecule has 0 aromatic carbocycles. The van der Waals surface area contributed by atoms with Crippen LogP contribution in [0.3, 0.4) is 0 Å². The lowest BCUT2D eigenvalue weighted by atomic mass is 9.74. The van der Waals surface area contributed by atoms with Gasteiger partial charge in [0.2, 0.25) is 0 Å². The molecule has 0 bridgehead atoms. The second-order valence-electron chi connectivity index (χ2n) is 7.20. The number of nitrogens with zero attached hydrogens (tertiary/aromatic N) is 1. The van der Waals surface area contributed by atoms with Gasteiger partial charge in [-0.2, -0.15) is 0 Å². The molecule has 1 aliphatic heterocycles. The van der Waals surface area contributed by atoms with Crippen LogP contribution in [0.25, 0.3) is 0 Å². The van der Waals surface area contributed by atoms with E-state index in [-0.39, 0.29) is 5.41 Å². The molecule has 2 aliphatic carbocycles. The van der Waals surface area contributed by atoms with Crippen LogP contribution in [0.1, 0.15) is 43.9 Å². The highest BCUT2D eigenvalue weighted by molar-refractivity contribution is 8.21. The zero-order valence-electron chi connectivity index (χ0n) is 14.0. The second-order valence-corrected chi connectivity index (χ2v) is 10.3. The lowest BCUT2D eigenvalue weighted by Crippen LogP contribution is -2.36. The summed E-state index contributed by atoms with van der Waals surface area (Å²) >= 11 is 4.32. The molecule has 124 valence electrons. The quantitative estimate of drug-likeness (QED) is 0.720. The van der Waals surface area contributed by atoms with Gasteiger partial charge in [-0.25, -0.2) is 0 Å². The van der Waals surface area contributed by atoms with Crippen molar-refractivity contribution in [2.45, 2.75) is 56.3 Å². The van der Waals surface area contributed by atoms with Gasteiger partial charge in [-0.15, -0.1) is 23.5 Å². The first-order valence-corrected chi connectivity index (χ1v) is 10.6. The summed E-state index contributed by atoms with van der Waals surface area (Å²) in [6.07, 6.45) is 9.78. The fourth-order valence-electron chi connectivity index (χ4n) is 4.24. The molecular weight excluding hydrogens is 322 g/mol. The molecule has 1 saturated carbocycles. The minimum atomic E-state index is 0.248. The molecule has 2 fully saturated rings. The van der Waals surface area contributed by atoms with E-state index in [1.54, 1.807) is 5.57 Å². The van der Waals surface area contributed by atoms with Gasteiger partial charge >= 0.3 is 0 Å². The molecule has 1 spiro atoms. The van der Waals surface area contributed by atoms with Crippen molar-refractivity contribution in [2.75, 3.05) is 11.5 Å². The van der Waals surface area contributed by atoms with Crippen molar-refractivity contribution in [3.05, 3.63) is 41.2 Å². The summed E-state index contributed by atoms with van der Waals surface area (Å²) < 4.78 is 6.77. The van der Waals surface area contributed by atoms with Gasteiger partial charge in [0, 0.05) is 23.1 Å². The Morgan fingerprint density at radius 2 is 2.13 bits per heavy atom. The summed E-state index contributed by atoms with van der Waals surface area (Å²) in [5.74, 6) is 2.62. The smallest absolute Gasteiger partial charge is 0.0894 e. The molecule has 23 heavy (non-hydrogen) atoms. The van der Waals surface area contributed by atoms with E-state index in [2.05, 4.69) is 54.5 Å². The predicted molar refractivity (Wildman–Crippen MR) is 99.9 cm³/mol. The number of thioether (sulfide) groups is 2. The number of hydrogen-bond donors (Lipinski definition) is 0. The van der Waals surface area contributed by atoms with Gasteiger partial charge in [0.25, 0.3) is 0 Å². The van der Waals surface area contributed by atoms with Gasteiger partial charge in [-0.05, 0) is 44.2 Å². The Kier molecular flexibility index (Phi) is 4.27. The van der Waals surface area contributed by atoms with Gasteiger partial charge in [0.05, 0.1) is 22.5 Å². The van der Waals surface area contributed by atoms with Crippen LogP contribution in [0.15, 0.2) is 30.0 Å². The summed E-state index contributed by atoms with van der Waals surface area (Å²) in [7, 11) is 0. The van der Waals surface area contributed by atoms with E-state index < -0.39 is 0 Å². The standard InChI is InChI=1S/C19H25NOS2/c1-14-4-3-9-20-16(14)13-21-17-6-5-15-12-19(22-10-11-23-19)8-7-18(15,17)2/h3-4,9,12,17H,5-8,10-11,13H2,1-2H3. The van der Waals surface area contributed by atoms with Gasteiger partial charge in [0.15, 0.2) is 0 Å². The molecule has 0 N–H and O–H groups in total. The molecule has 2 nitrogen and oxygen atoms in total. The first-order valence-electron chi connectivity index (χ1n) is 8.64. The van der Waals surface area contributed by atoms with Crippen molar-refractivity contribution in [2.24, 2.45) is 5.41 Å². The van der Waals surface area contributed by atoms with Gasteiger partial charge in [0.1, 0.15) is 0 Å². The van der Waals surface area contributed by atoms with Crippen molar-refractivity contribution < 1.29 is 4.74 Å². The molecular formula is C19H25NOS2. The number of pyridine rings is 1. The number of rotatable bonds is 3. The van der Waals surface area contributed by atoms with Crippen LogP contribution in [0.2, 0.25) is 0 Å². The zero-order chi connectivity index (χ0) is 15.9. The summed E-state index contributed by atoms with van der Waals surface area (Å²) in [6.45, 7) is 5.19. The third kappa shape index (κ3) is 2.87.